The standard InChI is InChI=1S/C10H5BrN2O4S2/c11-5-1-2-6(9(14)15)7(3-5)18-10-12-4-8(19-10)13(16)17/h1-4H,(H,14,15). The lowest BCUT2D eigenvalue weighted by atomic mass is 10.2. The Morgan fingerprint density at radius 3 is 2.84 bits per heavy atom. The molecule has 1 heterocycles. The molecule has 1 aromatic carbocycles. The third-order valence-corrected chi connectivity index (χ3v) is 4.60. The van der Waals surface area contributed by atoms with Gasteiger partial charge in [0.15, 0.2) is 4.34 Å². The van der Waals surface area contributed by atoms with Crippen LogP contribution < -0.4 is 0 Å². The number of halogens is 1. The van der Waals surface area contributed by atoms with Gasteiger partial charge in [0.25, 0.3) is 0 Å². The molecule has 1 N–H and O–H groups in total. The summed E-state index contributed by atoms with van der Waals surface area (Å²) in [6.07, 6.45) is 1.16. The second-order valence-corrected chi connectivity index (χ2v) is 6.48. The summed E-state index contributed by atoms with van der Waals surface area (Å²) in [4.78, 5) is 25.5. The van der Waals surface area contributed by atoms with Gasteiger partial charge in [-0.15, -0.1) is 0 Å². The van der Waals surface area contributed by atoms with Crippen LogP contribution in [0.2, 0.25) is 0 Å². The summed E-state index contributed by atoms with van der Waals surface area (Å²) in [5.41, 5.74) is 0.131. The van der Waals surface area contributed by atoms with E-state index in [0.717, 1.165) is 33.8 Å². The molecule has 0 fully saturated rings. The third-order valence-electron chi connectivity index (χ3n) is 2.02. The number of benzene rings is 1. The first-order chi connectivity index (χ1) is 8.97. The fraction of sp³-hybridized carbons (Fsp3) is 0. The highest BCUT2D eigenvalue weighted by Crippen LogP contribution is 2.36. The quantitative estimate of drug-likeness (QED) is 0.660. The van der Waals surface area contributed by atoms with Crippen LogP contribution in [0.4, 0.5) is 5.00 Å². The summed E-state index contributed by atoms with van der Waals surface area (Å²) >= 11 is 5.25. The Morgan fingerprint density at radius 2 is 2.26 bits per heavy atom. The number of carboxylic acids is 1. The molecule has 0 aliphatic carbocycles. The lowest BCUT2D eigenvalue weighted by Gasteiger charge is -2.03. The van der Waals surface area contributed by atoms with Gasteiger partial charge in [-0.2, -0.15) is 0 Å². The van der Waals surface area contributed by atoms with Crippen molar-refractivity contribution in [2.75, 3.05) is 0 Å². The van der Waals surface area contributed by atoms with E-state index < -0.39 is 10.9 Å². The molecule has 2 aromatic rings. The molecule has 0 atom stereocenters. The molecule has 98 valence electrons. The number of hydrogen-bond donors (Lipinski definition) is 1. The molecular formula is C10H5BrN2O4S2. The van der Waals surface area contributed by atoms with Crippen LogP contribution in [-0.4, -0.2) is 21.0 Å². The fourth-order valence-corrected chi connectivity index (χ4v) is 3.65. The first-order valence-corrected chi connectivity index (χ1v) is 7.21. The number of thiazole rings is 1. The van der Waals surface area contributed by atoms with Crippen molar-refractivity contribution < 1.29 is 14.8 Å². The van der Waals surface area contributed by atoms with Crippen molar-refractivity contribution in [1.29, 1.82) is 0 Å². The van der Waals surface area contributed by atoms with E-state index in [-0.39, 0.29) is 10.6 Å². The van der Waals surface area contributed by atoms with Crippen LogP contribution in [0.25, 0.3) is 0 Å². The molecular weight excluding hydrogens is 356 g/mol. The average molecular weight is 361 g/mol. The summed E-state index contributed by atoms with van der Waals surface area (Å²) in [6.45, 7) is 0. The number of nitro groups is 1. The van der Waals surface area contributed by atoms with Crippen molar-refractivity contribution in [3.8, 4) is 0 Å². The molecule has 1 aromatic heterocycles. The normalized spacial score (nSPS) is 10.4. The number of aromatic nitrogens is 1. The van der Waals surface area contributed by atoms with Crippen LogP contribution in [0.1, 0.15) is 10.4 Å². The number of carboxylic acid groups (broad SMARTS) is 1. The van der Waals surface area contributed by atoms with Gasteiger partial charge < -0.3 is 5.11 Å². The van der Waals surface area contributed by atoms with Crippen molar-refractivity contribution in [3.05, 3.63) is 44.5 Å². The van der Waals surface area contributed by atoms with E-state index in [9.17, 15) is 14.9 Å². The maximum Gasteiger partial charge on any atom is 0.344 e. The lowest BCUT2D eigenvalue weighted by Crippen LogP contribution is -1.98. The summed E-state index contributed by atoms with van der Waals surface area (Å²) in [5, 5.41) is 19.6. The number of hydrogen-bond acceptors (Lipinski definition) is 6. The van der Waals surface area contributed by atoms with Crippen molar-refractivity contribution in [2.24, 2.45) is 0 Å². The first kappa shape index (κ1) is 14.0. The highest BCUT2D eigenvalue weighted by molar-refractivity contribution is 9.10. The van der Waals surface area contributed by atoms with Crippen LogP contribution >= 0.6 is 39.0 Å². The average Bonchev–Trinajstić information content (AvgIpc) is 2.77. The summed E-state index contributed by atoms with van der Waals surface area (Å²) in [6, 6.07) is 4.73. The number of aromatic carboxylic acids is 1. The van der Waals surface area contributed by atoms with Crippen LogP contribution in [0.5, 0.6) is 0 Å². The van der Waals surface area contributed by atoms with E-state index in [2.05, 4.69) is 20.9 Å². The second-order valence-electron chi connectivity index (χ2n) is 3.27. The molecule has 0 amide bonds. The van der Waals surface area contributed by atoms with E-state index in [4.69, 9.17) is 5.11 Å². The lowest BCUT2D eigenvalue weighted by molar-refractivity contribution is -0.380. The van der Waals surface area contributed by atoms with Crippen LogP contribution in [-0.2, 0) is 0 Å². The number of nitrogens with zero attached hydrogens (tertiary/aromatic N) is 2. The Morgan fingerprint density at radius 1 is 1.53 bits per heavy atom. The Balaban J connectivity index is 2.33. The van der Waals surface area contributed by atoms with Gasteiger partial charge in [-0.05, 0) is 29.5 Å². The molecule has 0 aliphatic rings. The minimum absolute atomic E-state index is 0.0747. The van der Waals surface area contributed by atoms with E-state index in [1.807, 2.05) is 0 Å². The zero-order chi connectivity index (χ0) is 14.0. The molecule has 0 unspecified atom stereocenters. The minimum Gasteiger partial charge on any atom is -0.478 e. The molecule has 19 heavy (non-hydrogen) atoms. The Kier molecular flexibility index (Phi) is 4.17. The summed E-state index contributed by atoms with van der Waals surface area (Å²) in [7, 11) is 0. The van der Waals surface area contributed by atoms with Gasteiger partial charge in [0.1, 0.15) is 6.20 Å². The fourth-order valence-electron chi connectivity index (χ4n) is 1.23. The molecule has 0 saturated heterocycles. The van der Waals surface area contributed by atoms with Gasteiger partial charge in [0.2, 0.25) is 0 Å². The van der Waals surface area contributed by atoms with Crippen molar-refractivity contribution in [2.45, 2.75) is 9.24 Å². The molecule has 0 spiro atoms. The highest BCUT2D eigenvalue weighted by atomic mass is 79.9. The maximum atomic E-state index is 11.1. The predicted octanol–water partition coefficient (Wildman–Crippen LogP) is 3.66. The Hall–Kier alpha value is -1.45. The smallest absolute Gasteiger partial charge is 0.344 e. The molecule has 0 radical (unpaired) electrons. The van der Waals surface area contributed by atoms with Crippen LogP contribution in [0.15, 0.2) is 38.1 Å². The van der Waals surface area contributed by atoms with Crippen molar-refractivity contribution in [1.82, 2.24) is 4.98 Å². The van der Waals surface area contributed by atoms with Crippen molar-refractivity contribution in [3.63, 3.8) is 0 Å². The van der Waals surface area contributed by atoms with E-state index >= 15 is 0 Å². The third kappa shape index (κ3) is 3.31. The number of carbonyl (C=O) groups is 1. The van der Waals surface area contributed by atoms with Gasteiger partial charge in [-0.3, -0.25) is 10.1 Å². The predicted molar refractivity (Wildman–Crippen MR) is 74.0 cm³/mol. The first-order valence-electron chi connectivity index (χ1n) is 4.78. The monoisotopic (exact) mass is 360 g/mol. The summed E-state index contributed by atoms with van der Waals surface area (Å²) in [5.74, 6) is -1.05. The zero-order valence-electron chi connectivity index (χ0n) is 9.07. The van der Waals surface area contributed by atoms with Gasteiger partial charge in [0.05, 0.1) is 10.5 Å². The Bertz CT molecular complexity index is 659. The van der Waals surface area contributed by atoms with Gasteiger partial charge >= 0.3 is 11.0 Å². The van der Waals surface area contributed by atoms with Gasteiger partial charge in [-0.1, -0.05) is 27.7 Å². The maximum absolute atomic E-state index is 11.1. The zero-order valence-corrected chi connectivity index (χ0v) is 12.3. The molecule has 6 nitrogen and oxygen atoms in total. The van der Waals surface area contributed by atoms with Crippen LogP contribution in [0.3, 0.4) is 0 Å². The summed E-state index contributed by atoms with van der Waals surface area (Å²) < 4.78 is 1.15. The van der Waals surface area contributed by atoms with Crippen LogP contribution in [0, 0.1) is 10.1 Å². The largest absolute Gasteiger partial charge is 0.478 e. The second kappa shape index (κ2) is 5.68. The van der Waals surface area contributed by atoms with E-state index in [1.165, 1.54) is 6.07 Å². The molecule has 0 bridgehead atoms. The number of rotatable bonds is 4. The molecule has 0 aliphatic heterocycles. The SMILES string of the molecule is O=C(O)c1ccc(Br)cc1Sc1ncc([N+](=O)[O-])s1. The van der Waals surface area contributed by atoms with Crippen molar-refractivity contribution >= 4 is 50.0 Å². The molecule has 0 saturated carbocycles. The van der Waals surface area contributed by atoms with Gasteiger partial charge in [0, 0.05) is 9.37 Å². The molecule has 2 rings (SSSR count). The Labute approximate surface area is 123 Å². The van der Waals surface area contributed by atoms with E-state index in [1.54, 1.807) is 12.1 Å². The highest BCUT2D eigenvalue weighted by Gasteiger charge is 2.16. The topological polar surface area (TPSA) is 93.3 Å². The minimum atomic E-state index is -1.05. The van der Waals surface area contributed by atoms with Gasteiger partial charge in [-0.25, -0.2) is 9.78 Å². The van der Waals surface area contributed by atoms with E-state index in [0.29, 0.717) is 9.24 Å². The molecule has 9 heteroatoms.